The van der Waals surface area contributed by atoms with Gasteiger partial charge in [-0.3, -0.25) is 19.4 Å². The van der Waals surface area contributed by atoms with E-state index in [9.17, 15) is 14.4 Å². The van der Waals surface area contributed by atoms with Crippen molar-refractivity contribution in [1.29, 1.82) is 0 Å². The zero-order valence-electron chi connectivity index (χ0n) is 19.5. The number of H-pyrrole nitrogens is 1. The smallest absolute Gasteiger partial charge is 0.295 e. The average Bonchev–Trinajstić information content (AvgIpc) is 3.37. The Bertz CT molecular complexity index is 1460. The van der Waals surface area contributed by atoms with Gasteiger partial charge in [-0.15, -0.1) is 0 Å². The molecule has 4 heterocycles. The maximum absolute atomic E-state index is 13.3. The average molecular weight is 486 g/mol. The first-order valence-electron chi connectivity index (χ1n) is 11.3. The molecule has 36 heavy (non-hydrogen) atoms. The molecule has 1 fully saturated rings. The van der Waals surface area contributed by atoms with Crippen LogP contribution in [0.2, 0.25) is 0 Å². The highest BCUT2D eigenvalue weighted by atomic mass is 16.5. The molecular weight excluding hydrogens is 462 g/mol. The number of anilines is 1. The van der Waals surface area contributed by atoms with Crippen LogP contribution in [0.1, 0.15) is 20.7 Å². The van der Waals surface area contributed by atoms with Crippen molar-refractivity contribution in [2.45, 2.75) is 0 Å². The molecule has 1 aliphatic rings. The van der Waals surface area contributed by atoms with Crippen LogP contribution in [0.15, 0.2) is 55.1 Å². The minimum absolute atomic E-state index is 0.0972. The van der Waals surface area contributed by atoms with Gasteiger partial charge in [0.1, 0.15) is 23.0 Å². The molecule has 4 aromatic rings. The van der Waals surface area contributed by atoms with Crippen molar-refractivity contribution in [3.05, 3.63) is 66.2 Å². The lowest BCUT2D eigenvalue weighted by Gasteiger charge is -2.34. The number of hydrogen-bond acceptors (Lipinski definition) is 8. The highest BCUT2D eigenvalue weighted by Crippen LogP contribution is 2.34. The van der Waals surface area contributed by atoms with Crippen molar-refractivity contribution in [3.8, 4) is 17.1 Å². The molecule has 1 aromatic carbocycles. The van der Waals surface area contributed by atoms with Crippen LogP contribution >= 0.6 is 0 Å². The van der Waals surface area contributed by atoms with Crippen LogP contribution < -0.4 is 10.5 Å². The number of ether oxygens (including phenoxy) is 1. The summed E-state index contributed by atoms with van der Waals surface area (Å²) in [6.45, 7) is 1.20. The SMILES string of the molecule is COc1cnc(-c2cncc(N)n2)c2[nH]cc(C(=O)C(=O)N3CCN(C(=O)c4ccccc4)CC3)c12. The highest BCUT2D eigenvalue weighted by Gasteiger charge is 2.31. The zero-order chi connectivity index (χ0) is 25.2. The Labute approximate surface area is 205 Å². The Hall–Kier alpha value is -4.80. The first kappa shape index (κ1) is 23.0. The number of hydrogen-bond donors (Lipinski definition) is 2. The predicted molar refractivity (Wildman–Crippen MR) is 131 cm³/mol. The van der Waals surface area contributed by atoms with Crippen LogP contribution in [0.4, 0.5) is 5.82 Å². The normalized spacial score (nSPS) is 13.6. The highest BCUT2D eigenvalue weighted by molar-refractivity contribution is 6.45. The lowest BCUT2D eigenvalue weighted by atomic mass is 10.1. The molecule has 0 atom stereocenters. The molecule has 2 amide bonds. The Morgan fingerprint density at radius 1 is 1.00 bits per heavy atom. The van der Waals surface area contributed by atoms with Crippen LogP contribution in [0.3, 0.4) is 0 Å². The number of aromatic nitrogens is 4. The van der Waals surface area contributed by atoms with Gasteiger partial charge in [-0.25, -0.2) is 9.97 Å². The quantitative estimate of drug-likeness (QED) is 0.321. The van der Waals surface area contributed by atoms with E-state index in [0.717, 1.165) is 0 Å². The number of pyridine rings is 1. The summed E-state index contributed by atoms with van der Waals surface area (Å²) in [4.78, 5) is 58.0. The van der Waals surface area contributed by atoms with Gasteiger partial charge in [0.25, 0.3) is 17.6 Å². The summed E-state index contributed by atoms with van der Waals surface area (Å²) < 4.78 is 5.43. The maximum atomic E-state index is 13.3. The number of nitrogens with two attached hydrogens (primary N) is 1. The van der Waals surface area contributed by atoms with Crippen molar-refractivity contribution in [3.63, 3.8) is 0 Å². The maximum Gasteiger partial charge on any atom is 0.295 e. The van der Waals surface area contributed by atoms with Crippen molar-refractivity contribution in [1.82, 2.24) is 29.7 Å². The van der Waals surface area contributed by atoms with Gasteiger partial charge < -0.3 is 25.3 Å². The van der Waals surface area contributed by atoms with Crippen molar-refractivity contribution in [2.24, 2.45) is 0 Å². The second kappa shape index (κ2) is 9.45. The van der Waals surface area contributed by atoms with Gasteiger partial charge in [-0.05, 0) is 12.1 Å². The third-order valence-corrected chi connectivity index (χ3v) is 6.10. The number of benzene rings is 1. The molecule has 1 saturated heterocycles. The number of ketones is 1. The summed E-state index contributed by atoms with van der Waals surface area (Å²) in [6, 6.07) is 8.97. The number of amides is 2. The Kier molecular flexibility index (Phi) is 6.03. The van der Waals surface area contributed by atoms with Gasteiger partial charge >= 0.3 is 0 Å². The minimum Gasteiger partial charge on any atom is -0.494 e. The molecule has 5 rings (SSSR count). The number of carbonyl (C=O) groups is 3. The van der Waals surface area contributed by atoms with Gasteiger partial charge in [0.05, 0.1) is 42.2 Å². The number of aromatic amines is 1. The van der Waals surface area contributed by atoms with Crippen LogP contribution in [0.5, 0.6) is 5.75 Å². The second-order valence-corrected chi connectivity index (χ2v) is 8.24. The fraction of sp³-hybridized carbons (Fsp3) is 0.200. The van der Waals surface area contributed by atoms with Crippen molar-refractivity contribution >= 4 is 34.3 Å². The molecule has 0 unspecified atom stereocenters. The van der Waals surface area contributed by atoms with E-state index >= 15 is 0 Å². The zero-order valence-corrected chi connectivity index (χ0v) is 19.5. The van der Waals surface area contributed by atoms with Gasteiger partial charge in [0.2, 0.25) is 0 Å². The van der Waals surface area contributed by atoms with Gasteiger partial charge in [-0.1, -0.05) is 18.2 Å². The van der Waals surface area contributed by atoms with Crippen LogP contribution in [-0.2, 0) is 4.79 Å². The summed E-state index contributed by atoms with van der Waals surface area (Å²) in [5.41, 5.74) is 7.83. The van der Waals surface area contributed by atoms with E-state index in [-0.39, 0.29) is 30.4 Å². The fourth-order valence-corrected chi connectivity index (χ4v) is 4.28. The van der Waals surface area contributed by atoms with Crippen LogP contribution in [-0.4, -0.2) is 80.6 Å². The second-order valence-electron chi connectivity index (χ2n) is 8.24. The van der Waals surface area contributed by atoms with Gasteiger partial charge in [-0.2, -0.15) is 0 Å². The topological polar surface area (TPSA) is 147 Å². The number of fused-ring (bicyclic) bond motifs is 1. The number of nitrogens with zero attached hydrogens (tertiary/aromatic N) is 5. The number of piperazine rings is 1. The van der Waals surface area contributed by atoms with Crippen molar-refractivity contribution < 1.29 is 19.1 Å². The molecule has 0 spiro atoms. The van der Waals surface area contributed by atoms with E-state index in [4.69, 9.17) is 10.5 Å². The molecule has 11 nitrogen and oxygen atoms in total. The summed E-state index contributed by atoms with van der Waals surface area (Å²) in [5.74, 6) is -0.868. The minimum atomic E-state index is -0.682. The molecule has 3 N–H and O–H groups in total. The Balaban J connectivity index is 1.38. The van der Waals surface area contributed by atoms with E-state index in [0.29, 0.717) is 46.7 Å². The van der Waals surface area contributed by atoms with E-state index in [1.54, 1.807) is 29.2 Å². The standard InChI is InChI=1S/C25H23N7O4/c1-36-18-13-29-21(17-12-27-14-19(26)30-17)22-20(18)16(11-28-22)23(33)25(35)32-9-7-31(8-10-32)24(34)15-5-3-2-4-6-15/h2-6,11-14,28H,7-10H2,1H3,(H2,26,30). The van der Waals surface area contributed by atoms with E-state index in [2.05, 4.69) is 19.9 Å². The first-order valence-corrected chi connectivity index (χ1v) is 11.3. The summed E-state index contributed by atoms with van der Waals surface area (Å²) in [6.07, 6.45) is 5.85. The Morgan fingerprint density at radius 3 is 2.42 bits per heavy atom. The summed E-state index contributed by atoms with van der Waals surface area (Å²) in [5, 5.41) is 0.419. The number of Topliss-reactive ketones (excluding diaryl/α,β-unsaturated/α-hetero) is 1. The van der Waals surface area contributed by atoms with E-state index in [1.807, 2.05) is 6.07 Å². The molecule has 0 aliphatic carbocycles. The predicted octanol–water partition coefficient (Wildman–Crippen LogP) is 1.78. The number of carbonyl (C=O) groups excluding carboxylic acids is 3. The van der Waals surface area contributed by atoms with E-state index in [1.165, 1.54) is 36.8 Å². The molecule has 182 valence electrons. The number of nitrogen functional groups attached to an aromatic ring is 1. The molecule has 3 aromatic heterocycles. The fourth-order valence-electron chi connectivity index (χ4n) is 4.28. The monoisotopic (exact) mass is 485 g/mol. The van der Waals surface area contributed by atoms with Gasteiger partial charge in [0, 0.05) is 37.9 Å². The van der Waals surface area contributed by atoms with Crippen LogP contribution in [0.25, 0.3) is 22.3 Å². The largest absolute Gasteiger partial charge is 0.494 e. The Morgan fingerprint density at radius 2 is 1.72 bits per heavy atom. The molecule has 0 bridgehead atoms. The van der Waals surface area contributed by atoms with Crippen molar-refractivity contribution in [2.75, 3.05) is 39.0 Å². The molecular formula is C25H23N7O4. The third kappa shape index (κ3) is 4.11. The first-order chi connectivity index (χ1) is 17.5. The molecule has 0 radical (unpaired) electrons. The molecule has 0 saturated carbocycles. The lowest BCUT2D eigenvalue weighted by molar-refractivity contribution is -0.127. The number of methoxy groups -OCH3 is 1. The number of nitrogens with one attached hydrogen (secondary N) is 1. The van der Waals surface area contributed by atoms with Gasteiger partial charge in [0.15, 0.2) is 0 Å². The lowest BCUT2D eigenvalue weighted by Crippen LogP contribution is -2.52. The molecule has 11 heteroatoms. The third-order valence-electron chi connectivity index (χ3n) is 6.10. The van der Waals surface area contributed by atoms with Crippen LogP contribution in [0, 0.1) is 0 Å². The van der Waals surface area contributed by atoms with E-state index < -0.39 is 11.7 Å². The summed E-state index contributed by atoms with van der Waals surface area (Å²) >= 11 is 0. The molecule has 1 aliphatic heterocycles. The number of rotatable bonds is 5. The summed E-state index contributed by atoms with van der Waals surface area (Å²) in [7, 11) is 1.46.